The fourth-order valence-corrected chi connectivity index (χ4v) is 0.873. The third kappa shape index (κ3) is 1.66. The van der Waals surface area contributed by atoms with Gasteiger partial charge < -0.3 is 5.48 Å². The summed E-state index contributed by atoms with van der Waals surface area (Å²) in [5, 5.41) is 3.28. The molecule has 1 aliphatic rings. The molecule has 3 heteroatoms. The molecule has 0 radical (unpaired) electrons. The van der Waals surface area contributed by atoms with E-state index in [-0.39, 0.29) is 5.48 Å². The molecule has 0 aromatic rings. The van der Waals surface area contributed by atoms with Gasteiger partial charge in [-0.15, -0.1) is 0 Å². The van der Waals surface area contributed by atoms with Crippen LogP contribution in [0.25, 0.3) is 0 Å². The number of rotatable bonds is 0. The van der Waals surface area contributed by atoms with E-state index in [1.807, 2.05) is 0 Å². The molecule has 0 spiro atoms. The van der Waals surface area contributed by atoms with E-state index in [0.29, 0.717) is 0 Å². The van der Waals surface area contributed by atoms with Crippen LogP contribution in [-0.4, -0.2) is 9.69 Å². The van der Waals surface area contributed by atoms with Gasteiger partial charge in [-0.25, -0.2) is 0 Å². The predicted octanol–water partition coefficient (Wildman–Crippen LogP) is -0.0486. The molecule has 0 aromatic heterocycles. The molecule has 1 rings (SSSR count). The fourth-order valence-electron chi connectivity index (χ4n) is 0.291. The minimum Gasteiger partial charge on any atom is -0.412 e. The Hall–Kier alpha value is -0.410. The molecule has 7 heavy (non-hydrogen) atoms. The first-order chi connectivity index (χ1) is 2.89. The first-order valence-electron chi connectivity index (χ1n) is 1.64. The summed E-state index contributed by atoms with van der Waals surface area (Å²) < 4.78 is 10.2. The lowest BCUT2D eigenvalue weighted by Crippen LogP contribution is -1.63. The van der Waals surface area contributed by atoms with Crippen molar-refractivity contribution in [2.24, 2.45) is 0 Å². The Labute approximate surface area is 44.3 Å². The summed E-state index contributed by atoms with van der Waals surface area (Å²) in [5.74, 6) is 0. The highest BCUT2D eigenvalue weighted by molar-refractivity contribution is 7.91. The molecule has 2 N–H and O–H groups in total. The summed E-state index contributed by atoms with van der Waals surface area (Å²) in [6, 6.07) is 0. The first-order valence-corrected chi connectivity index (χ1v) is 2.91. The SMILES string of the molecule is O.O=S1C=CC=C1. The second kappa shape index (κ2) is 2.71. The van der Waals surface area contributed by atoms with Gasteiger partial charge >= 0.3 is 0 Å². The average Bonchev–Trinajstić information content (AvgIpc) is 1.86. The van der Waals surface area contributed by atoms with Gasteiger partial charge in [0.2, 0.25) is 0 Å². The maximum absolute atomic E-state index is 10.2. The van der Waals surface area contributed by atoms with E-state index in [0.717, 1.165) is 0 Å². The zero-order chi connectivity index (χ0) is 4.41. The Morgan fingerprint density at radius 2 is 1.57 bits per heavy atom. The molecule has 1 aliphatic heterocycles. The van der Waals surface area contributed by atoms with Gasteiger partial charge in [0, 0.05) is 10.8 Å². The average molecular weight is 118 g/mol. The highest BCUT2D eigenvalue weighted by Crippen LogP contribution is 1.95. The maximum Gasteiger partial charge on any atom is 0.0702 e. The normalized spacial score (nSPS) is 17.1. The van der Waals surface area contributed by atoms with Crippen LogP contribution in [0.1, 0.15) is 0 Å². The number of hydrogen-bond donors (Lipinski definition) is 0. The first kappa shape index (κ1) is 6.59. The van der Waals surface area contributed by atoms with Crippen LogP contribution in [0.15, 0.2) is 23.0 Å². The zero-order valence-corrected chi connectivity index (χ0v) is 4.44. The van der Waals surface area contributed by atoms with Crippen molar-refractivity contribution in [3.05, 3.63) is 23.0 Å². The minimum absolute atomic E-state index is 0. The van der Waals surface area contributed by atoms with Crippen LogP contribution in [0.3, 0.4) is 0 Å². The summed E-state index contributed by atoms with van der Waals surface area (Å²) in [4.78, 5) is 0. The van der Waals surface area contributed by atoms with Gasteiger partial charge in [-0.3, -0.25) is 4.21 Å². The Morgan fingerprint density at radius 1 is 1.14 bits per heavy atom. The Morgan fingerprint density at radius 3 is 1.71 bits per heavy atom. The van der Waals surface area contributed by atoms with Gasteiger partial charge in [-0.05, 0) is 0 Å². The lowest BCUT2D eigenvalue weighted by atomic mass is 10.6. The van der Waals surface area contributed by atoms with Crippen LogP contribution in [0.5, 0.6) is 0 Å². The van der Waals surface area contributed by atoms with Gasteiger partial charge in [-0.1, -0.05) is 12.2 Å². The standard InChI is InChI=1S/C4H4OS.H2O/c5-6-3-1-2-4-6;/h1-4H;1H2. The Kier molecular flexibility index (Phi) is 2.55. The smallest absolute Gasteiger partial charge is 0.0702 e. The summed E-state index contributed by atoms with van der Waals surface area (Å²) >= 11 is 0. The van der Waals surface area contributed by atoms with Crippen molar-refractivity contribution in [1.29, 1.82) is 0 Å². The molecule has 40 valence electrons. The van der Waals surface area contributed by atoms with E-state index in [9.17, 15) is 4.21 Å². The molecule has 0 saturated heterocycles. The summed E-state index contributed by atoms with van der Waals surface area (Å²) in [6.07, 6.45) is 3.55. The fraction of sp³-hybridized carbons (Fsp3) is 0. The Balaban J connectivity index is 0.000000360. The molecule has 2 nitrogen and oxygen atoms in total. The summed E-state index contributed by atoms with van der Waals surface area (Å²) in [6.45, 7) is 0. The molecule has 0 bridgehead atoms. The van der Waals surface area contributed by atoms with Crippen LogP contribution >= 0.6 is 0 Å². The van der Waals surface area contributed by atoms with Crippen molar-refractivity contribution >= 4 is 10.8 Å². The second-order valence-corrected chi connectivity index (χ2v) is 2.19. The molecule has 0 saturated carbocycles. The summed E-state index contributed by atoms with van der Waals surface area (Å²) in [7, 11) is -0.784. The largest absolute Gasteiger partial charge is 0.412 e. The predicted molar refractivity (Wildman–Crippen MR) is 30.0 cm³/mol. The van der Waals surface area contributed by atoms with E-state index < -0.39 is 10.8 Å². The number of hydrogen-bond acceptors (Lipinski definition) is 1. The van der Waals surface area contributed by atoms with Gasteiger partial charge in [0.1, 0.15) is 0 Å². The highest BCUT2D eigenvalue weighted by atomic mass is 32.2. The highest BCUT2D eigenvalue weighted by Gasteiger charge is 1.86. The number of allylic oxidation sites excluding steroid dienone is 2. The molecule has 0 atom stereocenters. The molecular weight excluding hydrogens is 112 g/mol. The molecule has 0 fully saturated rings. The van der Waals surface area contributed by atoms with Crippen LogP contribution in [0.4, 0.5) is 0 Å². The van der Waals surface area contributed by atoms with Crippen LogP contribution in [0.2, 0.25) is 0 Å². The third-order valence-electron chi connectivity index (χ3n) is 0.536. The summed E-state index contributed by atoms with van der Waals surface area (Å²) in [5.41, 5.74) is 0. The zero-order valence-electron chi connectivity index (χ0n) is 3.63. The van der Waals surface area contributed by atoms with E-state index in [4.69, 9.17) is 0 Å². The maximum atomic E-state index is 10.2. The van der Waals surface area contributed by atoms with Gasteiger partial charge in [0.15, 0.2) is 0 Å². The van der Waals surface area contributed by atoms with Gasteiger partial charge in [0.05, 0.1) is 10.8 Å². The van der Waals surface area contributed by atoms with Crippen LogP contribution < -0.4 is 0 Å². The lowest BCUT2D eigenvalue weighted by Gasteiger charge is -1.65. The van der Waals surface area contributed by atoms with E-state index >= 15 is 0 Å². The van der Waals surface area contributed by atoms with Crippen molar-refractivity contribution in [3.8, 4) is 0 Å². The quantitative estimate of drug-likeness (QED) is 0.440. The Bertz CT molecular complexity index is 112. The molecule has 1 heterocycles. The van der Waals surface area contributed by atoms with Gasteiger partial charge in [0.25, 0.3) is 0 Å². The van der Waals surface area contributed by atoms with Crippen molar-refractivity contribution in [1.82, 2.24) is 0 Å². The van der Waals surface area contributed by atoms with Crippen LogP contribution in [0, 0.1) is 0 Å². The van der Waals surface area contributed by atoms with E-state index in [2.05, 4.69) is 0 Å². The van der Waals surface area contributed by atoms with E-state index in [1.54, 1.807) is 23.0 Å². The monoisotopic (exact) mass is 118 g/mol. The topological polar surface area (TPSA) is 48.6 Å². The van der Waals surface area contributed by atoms with E-state index in [1.165, 1.54) is 0 Å². The lowest BCUT2D eigenvalue weighted by molar-refractivity contribution is 0.693. The molecule has 0 aromatic carbocycles. The van der Waals surface area contributed by atoms with Crippen molar-refractivity contribution in [2.75, 3.05) is 0 Å². The van der Waals surface area contributed by atoms with Crippen molar-refractivity contribution < 1.29 is 9.69 Å². The third-order valence-corrected chi connectivity index (χ3v) is 1.39. The van der Waals surface area contributed by atoms with Crippen molar-refractivity contribution in [2.45, 2.75) is 0 Å². The van der Waals surface area contributed by atoms with Crippen molar-refractivity contribution in [3.63, 3.8) is 0 Å². The molecule has 0 unspecified atom stereocenters. The second-order valence-electron chi connectivity index (χ2n) is 0.986. The minimum atomic E-state index is -0.784. The molecular formula is C4H6O2S. The molecule has 0 amide bonds. The van der Waals surface area contributed by atoms with Crippen LogP contribution in [-0.2, 0) is 10.8 Å². The van der Waals surface area contributed by atoms with Gasteiger partial charge in [-0.2, -0.15) is 0 Å². The molecule has 0 aliphatic carbocycles.